The zero-order chi connectivity index (χ0) is 15.5. The van der Waals surface area contributed by atoms with Crippen LogP contribution in [0.5, 0.6) is 0 Å². The number of halogens is 1. The summed E-state index contributed by atoms with van der Waals surface area (Å²) in [4.78, 5) is 0.919. The average molecular weight is 328 g/mol. The smallest absolute Gasteiger partial charge is 0.271 e. The Kier molecular flexibility index (Phi) is 4.97. The highest BCUT2D eigenvalue weighted by Gasteiger charge is 2.19. The number of rotatable bonds is 6. The van der Waals surface area contributed by atoms with Gasteiger partial charge in [0.05, 0.1) is 5.69 Å². The molecule has 0 bridgehead atoms. The highest BCUT2D eigenvalue weighted by molar-refractivity contribution is 7.94. The van der Waals surface area contributed by atoms with E-state index in [-0.39, 0.29) is 9.90 Å². The van der Waals surface area contributed by atoms with Crippen molar-refractivity contribution >= 4 is 27.0 Å². The van der Waals surface area contributed by atoms with Gasteiger partial charge < -0.3 is 5.32 Å². The SMILES string of the molecule is CCNCc1ccc(S(=O)(=O)Nc2c(C)cccc2F)s1. The van der Waals surface area contributed by atoms with Crippen molar-refractivity contribution in [2.45, 2.75) is 24.6 Å². The Bertz CT molecular complexity index is 706. The number of hydrogen-bond donors (Lipinski definition) is 2. The molecule has 0 saturated heterocycles. The number of para-hydroxylation sites is 1. The van der Waals surface area contributed by atoms with Crippen LogP contribution in [0.15, 0.2) is 34.5 Å². The largest absolute Gasteiger partial charge is 0.312 e. The summed E-state index contributed by atoms with van der Waals surface area (Å²) in [6, 6.07) is 7.73. The van der Waals surface area contributed by atoms with Crippen molar-refractivity contribution in [1.29, 1.82) is 0 Å². The van der Waals surface area contributed by atoms with Crippen LogP contribution in [0, 0.1) is 12.7 Å². The van der Waals surface area contributed by atoms with Crippen molar-refractivity contribution in [1.82, 2.24) is 5.32 Å². The number of hydrogen-bond acceptors (Lipinski definition) is 4. The first-order valence-electron chi connectivity index (χ1n) is 6.51. The summed E-state index contributed by atoms with van der Waals surface area (Å²) in [5.74, 6) is -0.581. The second-order valence-corrected chi connectivity index (χ2v) is 7.62. The zero-order valence-corrected chi connectivity index (χ0v) is 13.4. The molecule has 0 radical (unpaired) electrons. The molecule has 114 valence electrons. The molecule has 21 heavy (non-hydrogen) atoms. The number of nitrogens with one attached hydrogen (secondary N) is 2. The molecule has 0 saturated carbocycles. The van der Waals surface area contributed by atoms with Crippen LogP contribution in [0.3, 0.4) is 0 Å². The zero-order valence-electron chi connectivity index (χ0n) is 11.8. The minimum atomic E-state index is -3.76. The van der Waals surface area contributed by atoms with E-state index in [1.165, 1.54) is 23.5 Å². The van der Waals surface area contributed by atoms with Gasteiger partial charge in [-0.3, -0.25) is 4.72 Å². The molecule has 1 heterocycles. The molecular formula is C14H17FN2O2S2. The maximum absolute atomic E-state index is 13.7. The quantitative estimate of drug-likeness (QED) is 0.856. The monoisotopic (exact) mass is 328 g/mol. The van der Waals surface area contributed by atoms with Crippen LogP contribution in [0.25, 0.3) is 0 Å². The van der Waals surface area contributed by atoms with Crippen molar-refractivity contribution in [3.63, 3.8) is 0 Å². The predicted molar refractivity (Wildman–Crippen MR) is 83.6 cm³/mol. The molecule has 7 heteroatoms. The van der Waals surface area contributed by atoms with Gasteiger partial charge in [-0.2, -0.15) is 0 Å². The average Bonchev–Trinajstić information content (AvgIpc) is 2.90. The van der Waals surface area contributed by atoms with Gasteiger partial charge in [0.2, 0.25) is 0 Å². The van der Waals surface area contributed by atoms with E-state index in [0.717, 1.165) is 11.4 Å². The van der Waals surface area contributed by atoms with Crippen LogP contribution in [0.2, 0.25) is 0 Å². The van der Waals surface area contributed by atoms with E-state index < -0.39 is 15.8 Å². The van der Waals surface area contributed by atoms with Crippen LogP contribution in [-0.2, 0) is 16.6 Å². The third kappa shape index (κ3) is 3.81. The lowest BCUT2D eigenvalue weighted by atomic mass is 10.2. The maximum Gasteiger partial charge on any atom is 0.271 e. The first-order chi connectivity index (χ1) is 9.94. The fourth-order valence-electron chi connectivity index (χ4n) is 1.79. The van der Waals surface area contributed by atoms with Crippen LogP contribution in [0.4, 0.5) is 10.1 Å². The van der Waals surface area contributed by atoms with Crippen LogP contribution < -0.4 is 10.0 Å². The Morgan fingerprint density at radius 3 is 2.67 bits per heavy atom. The Labute approximate surface area is 128 Å². The molecule has 0 atom stereocenters. The van der Waals surface area contributed by atoms with Crippen molar-refractivity contribution < 1.29 is 12.8 Å². The fraction of sp³-hybridized carbons (Fsp3) is 0.286. The molecule has 1 aromatic carbocycles. The third-order valence-corrected chi connectivity index (χ3v) is 5.84. The lowest BCUT2D eigenvalue weighted by Gasteiger charge is -2.10. The normalized spacial score (nSPS) is 11.6. The van der Waals surface area contributed by atoms with Crippen LogP contribution in [0.1, 0.15) is 17.4 Å². The third-order valence-electron chi connectivity index (χ3n) is 2.91. The van der Waals surface area contributed by atoms with Crippen molar-refractivity contribution in [2.75, 3.05) is 11.3 Å². The molecule has 2 rings (SSSR count). The molecule has 0 aliphatic rings. The summed E-state index contributed by atoms with van der Waals surface area (Å²) in [7, 11) is -3.76. The number of anilines is 1. The van der Waals surface area contributed by atoms with Gasteiger partial charge in [-0.05, 0) is 37.2 Å². The molecule has 1 aromatic heterocycles. The second-order valence-electron chi connectivity index (χ2n) is 4.54. The number of sulfonamides is 1. The summed E-state index contributed by atoms with van der Waals surface area (Å²) < 4.78 is 40.9. The summed E-state index contributed by atoms with van der Waals surface area (Å²) in [5, 5.41) is 3.13. The van der Waals surface area contributed by atoms with E-state index in [4.69, 9.17) is 0 Å². The first kappa shape index (κ1) is 15.9. The number of thiophene rings is 1. The van der Waals surface area contributed by atoms with E-state index in [1.54, 1.807) is 25.1 Å². The minimum absolute atomic E-state index is 0.000803. The summed E-state index contributed by atoms with van der Waals surface area (Å²) in [6.07, 6.45) is 0. The Balaban J connectivity index is 2.24. The van der Waals surface area contributed by atoms with E-state index in [2.05, 4.69) is 10.0 Å². The highest BCUT2D eigenvalue weighted by atomic mass is 32.2. The fourth-order valence-corrected chi connectivity index (χ4v) is 4.26. The maximum atomic E-state index is 13.7. The van der Waals surface area contributed by atoms with Gasteiger partial charge >= 0.3 is 0 Å². The summed E-state index contributed by atoms with van der Waals surface area (Å²) in [5.41, 5.74) is 0.544. The predicted octanol–water partition coefficient (Wildman–Crippen LogP) is 3.11. The van der Waals surface area contributed by atoms with Gasteiger partial charge in [0.15, 0.2) is 0 Å². The molecule has 0 unspecified atom stereocenters. The first-order valence-corrected chi connectivity index (χ1v) is 8.81. The van der Waals surface area contributed by atoms with Gasteiger partial charge in [0.1, 0.15) is 10.0 Å². The highest BCUT2D eigenvalue weighted by Crippen LogP contribution is 2.26. The number of benzene rings is 1. The van der Waals surface area contributed by atoms with Crippen LogP contribution in [-0.4, -0.2) is 15.0 Å². The van der Waals surface area contributed by atoms with Gasteiger partial charge in [-0.15, -0.1) is 11.3 Å². The summed E-state index contributed by atoms with van der Waals surface area (Å²) >= 11 is 1.18. The molecule has 0 fully saturated rings. The van der Waals surface area contributed by atoms with Gasteiger partial charge in [-0.1, -0.05) is 19.1 Å². The molecule has 0 aliphatic carbocycles. The van der Waals surface area contributed by atoms with Crippen molar-refractivity contribution in [3.05, 3.63) is 46.6 Å². The van der Waals surface area contributed by atoms with Gasteiger partial charge in [-0.25, -0.2) is 12.8 Å². The summed E-state index contributed by atoms with van der Waals surface area (Å²) in [6.45, 7) is 5.07. The number of aryl methyl sites for hydroxylation is 1. The van der Waals surface area contributed by atoms with Crippen molar-refractivity contribution in [3.8, 4) is 0 Å². The molecule has 0 amide bonds. The van der Waals surface area contributed by atoms with E-state index in [1.807, 2.05) is 6.92 Å². The van der Waals surface area contributed by atoms with Gasteiger partial charge in [0, 0.05) is 11.4 Å². The standard InChI is InChI=1S/C14H17FN2O2S2/c1-3-16-9-11-7-8-13(20-11)21(18,19)17-14-10(2)5-4-6-12(14)15/h4-8,16-17H,3,9H2,1-2H3. The lowest BCUT2D eigenvalue weighted by molar-refractivity contribution is 0.600. The molecular weight excluding hydrogens is 311 g/mol. The molecule has 2 N–H and O–H groups in total. The Morgan fingerprint density at radius 1 is 1.24 bits per heavy atom. The van der Waals surface area contributed by atoms with E-state index >= 15 is 0 Å². The lowest BCUT2D eigenvalue weighted by Crippen LogP contribution is -2.13. The van der Waals surface area contributed by atoms with Gasteiger partial charge in [0.25, 0.3) is 10.0 Å². The molecule has 0 spiro atoms. The van der Waals surface area contributed by atoms with Crippen molar-refractivity contribution in [2.24, 2.45) is 0 Å². The molecule has 4 nitrogen and oxygen atoms in total. The molecule has 2 aromatic rings. The topological polar surface area (TPSA) is 58.2 Å². The Morgan fingerprint density at radius 2 is 2.00 bits per heavy atom. The van der Waals surface area contributed by atoms with E-state index in [9.17, 15) is 12.8 Å². The Hall–Kier alpha value is -1.44. The minimum Gasteiger partial charge on any atom is -0.312 e. The molecule has 0 aliphatic heterocycles. The van der Waals surface area contributed by atoms with E-state index in [0.29, 0.717) is 12.1 Å². The second kappa shape index (κ2) is 6.55. The van der Waals surface area contributed by atoms with Crippen LogP contribution >= 0.6 is 11.3 Å².